The zero-order valence-electron chi connectivity index (χ0n) is 17.8. The molecule has 2 atom stereocenters. The van der Waals surface area contributed by atoms with Crippen LogP contribution in [0, 0.1) is 18.7 Å². The Hall–Kier alpha value is -2.89. The number of nitrogens with zero attached hydrogens (tertiary/aromatic N) is 1. The lowest BCUT2D eigenvalue weighted by molar-refractivity contribution is -0.142. The molecule has 1 aliphatic heterocycles. The van der Waals surface area contributed by atoms with E-state index in [-0.39, 0.29) is 11.8 Å². The summed E-state index contributed by atoms with van der Waals surface area (Å²) in [5, 5.41) is 2.89. The van der Waals surface area contributed by atoms with Gasteiger partial charge in [-0.3, -0.25) is 9.59 Å². The molecular formula is C24H29FN2O3. The van der Waals surface area contributed by atoms with Gasteiger partial charge in [-0.25, -0.2) is 4.39 Å². The number of carbonyl (C=O) groups excluding carboxylic acids is 2. The molecule has 5 nitrogen and oxygen atoms in total. The van der Waals surface area contributed by atoms with Crippen molar-refractivity contribution in [2.75, 3.05) is 19.0 Å². The van der Waals surface area contributed by atoms with Crippen LogP contribution >= 0.6 is 0 Å². The summed E-state index contributed by atoms with van der Waals surface area (Å²) in [6, 6.07) is 11.4. The fraction of sp³-hybridized carbons (Fsp3) is 0.417. The average molecular weight is 413 g/mol. The number of para-hydroxylation sites is 1. The van der Waals surface area contributed by atoms with Crippen molar-refractivity contribution < 1.29 is 18.7 Å². The normalized spacial score (nSPS) is 18.9. The SMILES string of the molecule is CCCCN1C(=O)CC[C@@H](C(=O)Nc2cc(F)ccc2C)[C@@H]1c1ccccc1OC. The van der Waals surface area contributed by atoms with Gasteiger partial charge in [-0.05, 0) is 43.5 Å². The number of hydrogen-bond acceptors (Lipinski definition) is 3. The van der Waals surface area contributed by atoms with Crippen LogP contribution in [0.4, 0.5) is 10.1 Å². The number of amides is 2. The number of hydrogen-bond donors (Lipinski definition) is 1. The van der Waals surface area contributed by atoms with E-state index in [2.05, 4.69) is 12.2 Å². The van der Waals surface area contributed by atoms with E-state index in [1.54, 1.807) is 13.2 Å². The van der Waals surface area contributed by atoms with Crippen molar-refractivity contribution in [3.63, 3.8) is 0 Å². The van der Waals surface area contributed by atoms with Gasteiger partial charge in [0.15, 0.2) is 0 Å². The van der Waals surface area contributed by atoms with E-state index >= 15 is 0 Å². The molecule has 160 valence electrons. The Bertz CT molecular complexity index is 915. The molecule has 6 heteroatoms. The lowest BCUT2D eigenvalue weighted by Crippen LogP contribution is -2.47. The third-order valence-corrected chi connectivity index (χ3v) is 5.71. The van der Waals surface area contributed by atoms with Gasteiger partial charge in [-0.2, -0.15) is 0 Å². The lowest BCUT2D eigenvalue weighted by Gasteiger charge is -2.41. The maximum Gasteiger partial charge on any atom is 0.229 e. The van der Waals surface area contributed by atoms with Crippen molar-refractivity contribution >= 4 is 17.5 Å². The van der Waals surface area contributed by atoms with E-state index in [0.717, 1.165) is 24.0 Å². The topological polar surface area (TPSA) is 58.6 Å². The van der Waals surface area contributed by atoms with Crippen LogP contribution in [-0.2, 0) is 9.59 Å². The number of carbonyl (C=O) groups is 2. The lowest BCUT2D eigenvalue weighted by atomic mass is 9.83. The van der Waals surface area contributed by atoms with Crippen molar-refractivity contribution in [1.29, 1.82) is 0 Å². The number of halogens is 1. The Balaban J connectivity index is 1.98. The Morgan fingerprint density at radius 1 is 1.27 bits per heavy atom. The first kappa shape index (κ1) is 21.8. The van der Waals surface area contributed by atoms with Crippen LogP contribution in [-0.4, -0.2) is 30.4 Å². The van der Waals surface area contributed by atoms with Gasteiger partial charge < -0.3 is 15.0 Å². The Kier molecular flexibility index (Phi) is 7.08. The first-order valence-electron chi connectivity index (χ1n) is 10.5. The highest BCUT2D eigenvalue weighted by Gasteiger charge is 2.41. The molecule has 2 aromatic carbocycles. The molecule has 1 saturated heterocycles. The molecule has 0 aromatic heterocycles. The van der Waals surface area contributed by atoms with Crippen LogP contribution in [0.15, 0.2) is 42.5 Å². The van der Waals surface area contributed by atoms with E-state index in [1.807, 2.05) is 36.1 Å². The Labute approximate surface area is 177 Å². The highest BCUT2D eigenvalue weighted by Crippen LogP contribution is 2.41. The highest BCUT2D eigenvalue weighted by molar-refractivity contribution is 5.95. The third kappa shape index (κ3) is 4.64. The molecule has 2 amide bonds. The predicted octanol–water partition coefficient (Wildman–Crippen LogP) is 4.86. The summed E-state index contributed by atoms with van der Waals surface area (Å²) in [7, 11) is 1.59. The van der Waals surface area contributed by atoms with Crippen LogP contribution in [0.1, 0.15) is 49.8 Å². The van der Waals surface area contributed by atoms with E-state index in [0.29, 0.717) is 30.8 Å². The second-order valence-corrected chi connectivity index (χ2v) is 7.72. The number of methoxy groups -OCH3 is 1. The fourth-order valence-electron chi connectivity index (χ4n) is 4.07. The quantitative estimate of drug-likeness (QED) is 0.706. The number of unbranched alkanes of at least 4 members (excludes halogenated alkanes) is 1. The van der Waals surface area contributed by atoms with Crippen LogP contribution in [0.25, 0.3) is 0 Å². The van der Waals surface area contributed by atoms with E-state index < -0.39 is 17.8 Å². The van der Waals surface area contributed by atoms with Gasteiger partial charge >= 0.3 is 0 Å². The summed E-state index contributed by atoms with van der Waals surface area (Å²) in [5.41, 5.74) is 2.06. The number of benzene rings is 2. The molecule has 0 radical (unpaired) electrons. The van der Waals surface area contributed by atoms with Crippen molar-refractivity contribution in [2.45, 2.75) is 45.6 Å². The minimum Gasteiger partial charge on any atom is -0.496 e. The molecular weight excluding hydrogens is 383 g/mol. The van der Waals surface area contributed by atoms with Crippen molar-refractivity contribution in [1.82, 2.24) is 4.90 Å². The van der Waals surface area contributed by atoms with Crippen LogP contribution in [0.3, 0.4) is 0 Å². The number of rotatable bonds is 7. The summed E-state index contributed by atoms with van der Waals surface area (Å²) in [5.74, 6) is -0.378. The molecule has 3 rings (SSSR count). The third-order valence-electron chi connectivity index (χ3n) is 5.71. The molecule has 30 heavy (non-hydrogen) atoms. The molecule has 1 aliphatic rings. The van der Waals surface area contributed by atoms with Crippen molar-refractivity contribution in [3.8, 4) is 5.75 Å². The summed E-state index contributed by atoms with van der Waals surface area (Å²) in [6.45, 7) is 4.48. The number of piperidine rings is 1. The predicted molar refractivity (Wildman–Crippen MR) is 115 cm³/mol. The van der Waals surface area contributed by atoms with E-state index in [1.165, 1.54) is 12.1 Å². The zero-order valence-corrected chi connectivity index (χ0v) is 17.8. The maximum absolute atomic E-state index is 13.7. The number of aryl methyl sites for hydroxylation is 1. The molecule has 0 spiro atoms. The average Bonchev–Trinajstić information content (AvgIpc) is 2.75. The minimum absolute atomic E-state index is 0.0466. The smallest absolute Gasteiger partial charge is 0.229 e. The number of likely N-dealkylation sites (tertiary alicyclic amines) is 1. The summed E-state index contributed by atoms with van der Waals surface area (Å²) in [6.07, 6.45) is 2.55. The standard InChI is InChI=1S/C24H29FN2O3/c1-4-5-14-27-22(28)13-12-19(23(27)18-8-6-7-9-21(18)30-3)24(29)26-20-15-17(25)11-10-16(20)2/h6-11,15,19,23H,4-5,12-14H2,1-3H3,(H,26,29)/t19-,23+/m1/s1. The number of anilines is 1. The molecule has 0 unspecified atom stereocenters. The molecule has 0 bridgehead atoms. The van der Waals surface area contributed by atoms with Gasteiger partial charge in [0.25, 0.3) is 0 Å². The van der Waals surface area contributed by atoms with Gasteiger partial charge in [0, 0.05) is 24.2 Å². The van der Waals surface area contributed by atoms with E-state index in [4.69, 9.17) is 4.74 Å². The molecule has 0 saturated carbocycles. The van der Waals surface area contributed by atoms with Crippen LogP contribution < -0.4 is 10.1 Å². The maximum atomic E-state index is 13.7. The second kappa shape index (κ2) is 9.74. The fourth-order valence-corrected chi connectivity index (χ4v) is 4.07. The Morgan fingerprint density at radius 3 is 2.77 bits per heavy atom. The summed E-state index contributed by atoms with van der Waals surface area (Å²) in [4.78, 5) is 28.0. The monoisotopic (exact) mass is 412 g/mol. The van der Waals surface area contributed by atoms with Crippen molar-refractivity contribution in [3.05, 3.63) is 59.4 Å². The Morgan fingerprint density at radius 2 is 2.03 bits per heavy atom. The first-order valence-corrected chi connectivity index (χ1v) is 10.5. The first-order chi connectivity index (χ1) is 14.5. The molecule has 0 aliphatic carbocycles. The van der Waals surface area contributed by atoms with Gasteiger partial charge in [0.05, 0.1) is 19.1 Å². The zero-order chi connectivity index (χ0) is 21.7. The van der Waals surface area contributed by atoms with Gasteiger partial charge in [0.2, 0.25) is 11.8 Å². The highest BCUT2D eigenvalue weighted by atomic mass is 19.1. The van der Waals surface area contributed by atoms with Crippen LogP contribution in [0.5, 0.6) is 5.75 Å². The molecule has 1 N–H and O–H groups in total. The number of nitrogens with one attached hydrogen (secondary N) is 1. The second-order valence-electron chi connectivity index (χ2n) is 7.72. The number of ether oxygens (including phenoxy) is 1. The van der Waals surface area contributed by atoms with Gasteiger partial charge in [-0.15, -0.1) is 0 Å². The molecule has 1 fully saturated rings. The van der Waals surface area contributed by atoms with Crippen LogP contribution in [0.2, 0.25) is 0 Å². The minimum atomic E-state index is -0.460. The van der Waals surface area contributed by atoms with E-state index in [9.17, 15) is 14.0 Å². The molecule has 1 heterocycles. The molecule has 2 aromatic rings. The largest absolute Gasteiger partial charge is 0.496 e. The summed E-state index contributed by atoms with van der Waals surface area (Å²) < 4.78 is 19.3. The van der Waals surface area contributed by atoms with Gasteiger partial charge in [0.1, 0.15) is 11.6 Å². The van der Waals surface area contributed by atoms with Crippen molar-refractivity contribution in [2.24, 2.45) is 5.92 Å². The van der Waals surface area contributed by atoms with Gasteiger partial charge in [-0.1, -0.05) is 37.6 Å². The summed E-state index contributed by atoms with van der Waals surface area (Å²) >= 11 is 0.